The van der Waals surface area contributed by atoms with Crippen molar-refractivity contribution in [2.24, 2.45) is 5.41 Å². The van der Waals surface area contributed by atoms with Gasteiger partial charge in [-0.25, -0.2) is 0 Å². The molecular weight excluding hydrogens is 362 g/mol. The van der Waals surface area contributed by atoms with Crippen LogP contribution in [0.3, 0.4) is 0 Å². The molecular formula is C24H35N3O2. The van der Waals surface area contributed by atoms with Gasteiger partial charge in [0.15, 0.2) is 0 Å². The number of benzene rings is 1. The van der Waals surface area contributed by atoms with Crippen LogP contribution in [0.15, 0.2) is 18.2 Å². The molecule has 4 aliphatic rings. The Kier molecular flexibility index (Phi) is 5.29. The molecule has 4 aliphatic heterocycles. The fourth-order valence-corrected chi connectivity index (χ4v) is 6.05. The van der Waals surface area contributed by atoms with Gasteiger partial charge in [0.05, 0.1) is 5.41 Å². The van der Waals surface area contributed by atoms with Crippen molar-refractivity contribution in [2.75, 3.05) is 55.7 Å². The molecule has 158 valence electrons. The van der Waals surface area contributed by atoms with E-state index in [1.807, 2.05) is 0 Å². The number of likely N-dealkylation sites (tertiary alicyclic amines) is 1. The monoisotopic (exact) mass is 397 g/mol. The van der Waals surface area contributed by atoms with Crippen LogP contribution < -0.4 is 9.80 Å². The fraction of sp³-hybridized carbons (Fsp3) is 0.708. The molecule has 4 saturated heterocycles. The third-order valence-electron chi connectivity index (χ3n) is 7.84. The first-order chi connectivity index (χ1) is 14.2. The minimum atomic E-state index is -0.181. The predicted molar refractivity (Wildman–Crippen MR) is 117 cm³/mol. The zero-order valence-electron chi connectivity index (χ0n) is 17.9. The minimum absolute atomic E-state index is 0.181. The maximum absolute atomic E-state index is 13.4. The summed E-state index contributed by atoms with van der Waals surface area (Å²) in [4.78, 5) is 20.7. The minimum Gasteiger partial charge on any atom is -0.381 e. The lowest BCUT2D eigenvalue weighted by atomic mass is 9.73. The molecule has 0 bridgehead atoms. The lowest BCUT2D eigenvalue weighted by Crippen LogP contribution is -2.51. The molecule has 0 aromatic heterocycles. The van der Waals surface area contributed by atoms with Crippen molar-refractivity contribution in [3.8, 4) is 0 Å². The molecule has 0 aliphatic carbocycles. The summed E-state index contributed by atoms with van der Waals surface area (Å²) in [5.74, 6) is 0.332. The van der Waals surface area contributed by atoms with Gasteiger partial charge < -0.3 is 14.5 Å². The largest absolute Gasteiger partial charge is 0.381 e. The molecule has 4 heterocycles. The molecule has 0 radical (unpaired) electrons. The summed E-state index contributed by atoms with van der Waals surface area (Å²) < 4.78 is 5.55. The Labute approximate surface area is 175 Å². The van der Waals surface area contributed by atoms with E-state index in [-0.39, 0.29) is 5.41 Å². The molecule has 1 atom stereocenters. The van der Waals surface area contributed by atoms with Crippen LogP contribution in [0.25, 0.3) is 0 Å². The summed E-state index contributed by atoms with van der Waals surface area (Å²) >= 11 is 0. The molecule has 0 N–H and O–H groups in total. The van der Waals surface area contributed by atoms with Crippen LogP contribution in [0.5, 0.6) is 0 Å². The Morgan fingerprint density at radius 2 is 1.79 bits per heavy atom. The van der Waals surface area contributed by atoms with Gasteiger partial charge in [0.2, 0.25) is 5.91 Å². The highest BCUT2D eigenvalue weighted by Crippen LogP contribution is 2.42. The van der Waals surface area contributed by atoms with E-state index in [0.717, 1.165) is 70.3 Å². The summed E-state index contributed by atoms with van der Waals surface area (Å²) in [7, 11) is 0. The maximum Gasteiger partial charge on any atom is 0.233 e. The van der Waals surface area contributed by atoms with Crippen LogP contribution in [0.2, 0.25) is 0 Å². The smallest absolute Gasteiger partial charge is 0.233 e. The van der Waals surface area contributed by atoms with Crippen molar-refractivity contribution in [2.45, 2.75) is 57.9 Å². The van der Waals surface area contributed by atoms with Gasteiger partial charge >= 0.3 is 0 Å². The van der Waals surface area contributed by atoms with E-state index in [1.165, 1.54) is 43.6 Å². The van der Waals surface area contributed by atoms with E-state index in [9.17, 15) is 4.79 Å². The van der Waals surface area contributed by atoms with E-state index in [2.05, 4.69) is 39.8 Å². The summed E-state index contributed by atoms with van der Waals surface area (Å²) in [5, 5.41) is 0. The molecule has 5 heteroatoms. The van der Waals surface area contributed by atoms with Crippen LogP contribution in [0.1, 0.15) is 50.5 Å². The number of ether oxygens (including phenoxy) is 1. The highest BCUT2D eigenvalue weighted by molar-refractivity contribution is 5.99. The van der Waals surface area contributed by atoms with Crippen LogP contribution in [0.4, 0.5) is 11.4 Å². The topological polar surface area (TPSA) is 36.0 Å². The number of carbonyl (C=O) groups excluding carboxylic acids is 1. The second-order valence-electron chi connectivity index (χ2n) is 9.56. The van der Waals surface area contributed by atoms with E-state index >= 15 is 0 Å². The molecule has 4 fully saturated rings. The Hall–Kier alpha value is -1.59. The lowest BCUT2D eigenvalue weighted by Gasteiger charge is -2.44. The van der Waals surface area contributed by atoms with Gasteiger partial charge in [-0.15, -0.1) is 0 Å². The normalized spacial score (nSPS) is 27.9. The van der Waals surface area contributed by atoms with Crippen molar-refractivity contribution >= 4 is 17.3 Å². The number of aryl methyl sites for hydroxylation is 1. The highest BCUT2D eigenvalue weighted by atomic mass is 16.5. The highest BCUT2D eigenvalue weighted by Gasteiger charge is 2.45. The second kappa shape index (κ2) is 7.92. The molecule has 1 amide bonds. The van der Waals surface area contributed by atoms with Crippen molar-refractivity contribution in [3.63, 3.8) is 0 Å². The Bertz CT molecular complexity index is 747. The number of piperidine rings is 1. The summed E-state index contributed by atoms with van der Waals surface area (Å²) in [6.45, 7) is 9.32. The molecule has 1 spiro atoms. The lowest BCUT2D eigenvalue weighted by molar-refractivity contribution is -0.136. The first-order valence-corrected chi connectivity index (χ1v) is 11.7. The van der Waals surface area contributed by atoms with E-state index in [1.54, 1.807) is 0 Å². The summed E-state index contributed by atoms with van der Waals surface area (Å²) in [6.07, 6.45) is 7.88. The van der Waals surface area contributed by atoms with Gasteiger partial charge in [-0.1, -0.05) is 0 Å². The molecule has 1 unspecified atom stereocenters. The van der Waals surface area contributed by atoms with Crippen molar-refractivity contribution in [1.82, 2.24) is 4.90 Å². The van der Waals surface area contributed by atoms with E-state index in [0.29, 0.717) is 5.91 Å². The average molecular weight is 398 g/mol. The van der Waals surface area contributed by atoms with Gasteiger partial charge in [-0.2, -0.15) is 0 Å². The average Bonchev–Trinajstić information content (AvgIpc) is 3.43. The zero-order valence-corrected chi connectivity index (χ0v) is 17.9. The SMILES string of the molecule is Cc1cc(N2CCC(N3CCCC3)C2)ccc1N1CCCC2(CCOCC2)C1=O. The van der Waals surface area contributed by atoms with Crippen molar-refractivity contribution in [1.29, 1.82) is 0 Å². The number of hydrogen-bond acceptors (Lipinski definition) is 4. The first-order valence-electron chi connectivity index (χ1n) is 11.7. The summed E-state index contributed by atoms with van der Waals surface area (Å²) in [6, 6.07) is 7.46. The standard InChI is InChI=1S/C24H35N3O2/c1-19-17-20(26-14-7-21(18-26)25-11-2-3-12-25)5-6-22(19)27-13-4-8-24(23(27)28)9-15-29-16-10-24/h5-6,17,21H,2-4,7-16,18H2,1H3. The molecule has 1 aromatic carbocycles. The van der Waals surface area contributed by atoms with Gasteiger partial charge in [0, 0.05) is 50.3 Å². The van der Waals surface area contributed by atoms with Gasteiger partial charge in [0.1, 0.15) is 0 Å². The van der Waals surface area contributed by atoms with Crippen molar-refractivity contribution < 1.29 is 9.53 Å². The Morgan fingerprint density at radius 1 is 1.00 bits per heavy atom. The molecule has 29 heavy (non-hydrogen) atoms. The quantitative estimate of drug-likeness (QED) is 0.781. The third kappa shape index (κ3) is 3.57. The number of amides is 1. The summed E-state index contributed by atoms with van der Waals surface area (Å²) in [5.41, 5.74) is 3.47. The Morgan fingerprint density at radius 3 is 2.55 bits per heavy atom. The van der Waals surface area contributed by atoms with Crippen molar-refractivity contribution in [3.05, 3.63) is 23.8 Å². The number of anilines is 2. The molecule has 5 rings (SSSR count). The number of carbonyl (C=O) groups is 1. The van der Waals surface area contributed by atoms with Gasteiger partial charge in [-0.05, 0) is 88.7 Å². The molecule has 5 nitrogen and oxygen atoms in total. The molecule has 0 saturated carbocycles. The number of nitrogens with zero attached hydrogens (tertiary/aromatic N) is 3. The van der Waals surface area contributed by atoms with Crippen LogP contribution in [-0.4, -0.2) is 62.8 Å². The van der Waals surface area contributed by atoms with Gasteiger partial charge in [0.25, 0.3) is 0 Å². The number of rotatable bonds is 3. The third-order valence-corrected chi connectivity index (χ3v) is 7.84. The zero-order chi connectivity index (χ0) is 19.8. The van der Waals surface area contributed by atoms with Crippen LogP contribution >= 0.6 is 0 Å². The van der Waals surface area contributed by atoms with E-state index < -0.39 is 0 Å². The number of hydrogen-bond donors (Lipinski definition) is 0. The van der Waals surface area contributed by atoms with E-state index in [4.69, 9.17) is 4.74 Å². The Balaban J connectivity index is 1.31. The first kappa shape index (κ1) is 19.4. The fourth-order valence-electron chi connectivity index (χ4n) is 6.05. The maximum atomic E-state index is 13.4. The van der Waals surface area contributed by atoms with Crippen LogP contribution in [0, 0.1) is 12.3 Å². The van der Waals surface area contributed by atoms with Gasteiger partial charge in [-0.3, -0.25) is 9.69 Å². The van der Waals surface area contributed by atoms with Crippen LogP contribution in [-0.2, 0) is 9.53 Å². The molecule has 1 aromatic rings. The second-order valence-corrected chi connectivity index (χ2v) is 9.56. The predicted octanol–water partition coefficient (Wildman–Crippen LogP) is 3.59.